The lowest BCUT2D eigenvalue weighted by Gasteiger charge is -2.24. The molecule has 0 radical (unpaired) electrons. The Kier molecular flexibility index (Phi) is 2.96. The van der Waals surface area contributed by atoms with E-state index < -0.39 is 0 Å². The molecule has 1 aromatic rings. The molecule has 0 amide bonds. The zero-order chi connectivity index (χ0) is 11.7. The number of piperidine rings is 1. The van der Waals surface area contributed by atoms with Crippen LogP contribution in [0.4, 0.5) is 0 Å². The van der Waals surface area contributed by atoms with E-state index in [1.807, 2.05) is 0 Å². The molecule has 5 nitrogen and oxygen atoms in total. The van der Waals surface area contributed by atoms with Gasteiger partial charge in [-0.05, 0) is 19.4 Å². The Hall–Kier alpha value is -1.36. The molecule has 1 aromatic heterocycles. The van der Waals surface area contributed by atoms with Crippen LogP contribution in [0.1, 0.15) is 24.5 Å². The van der Waals surface area contributed by atoms with Crippen LogP contribution < -0.4 is 16.6 Å². The van der Waals surface area contributed by atoms with Crippen LogP contribution in [0.3, 0.4) is 0 Å². The molecule has 1 unspecified atom stereocenters. The molecule has 0 aromatic carbocycles. The van der Waals surface area contributed by atoms with Gasteiger partial charge in [-0.25, -0.2) is 4.79 Å². The fourth-order valence-corrected chi connectivity index (χ4v) is 2.25. The van der Waals surface area contributed by atoms with Crippen LogP contribution in [0.25, 0.3) is 0 Å². The maximum Gasteiger partial charge on any atom is 0.330 e. The average Bonchev–Trinajstić information content (AvgIpc) is 2.32. The predicted molar refractivity (Wildman–Crippen MR) is 61.8 cm³/mol. The minimum Gasteiger partial charge on any atom is -0.316 e. The van der Waals surface area contributed by atoms with Gasteiger partial charge in [0, 0.05) is 38.3 Å². The first-order valence-corrected chi connectivity index (χ1v) is 5.59. The summed E-state index contributed by atoms with van der Waals surface area (Å²) >= 11 is 0. The molecule has 0 bridgehead atoms. The van der Waals surface area contributed by atoms with Crippen molar-refractivity contribution in [1.82, 2.24) is 14.5 Å². The van der Waals surface area contributed by atoms with Gasteiger partial charge in [0.15, 0.2) is 0 Å². The van der Waals surface area contributed by atoms with Gasteiger partial charge in [0.25, 0.3) is 5.56 Å². The van der Waals surface area contributed by atoms with E-state index in [0.717, 1.165) is 36.2 Å². The summed E-state index contributed by atoms with van der Waals surface area (Å²) in [6.07, 6.45) is 2.13. The quantitative estimate of drug-likeness (QED) is 0.701. The summed E-state index contributed by atoms with van der Waals surface area (Å²) in [6.45, 7) is 1.87. The lowest BCUT2D eigenvalue weighted by atomic mass is 9.96. The highest BCUT2D eigenvalue weighted by Gasteiger charge is 2.19. The van der Waals surface area contributed by atoms with E-state index in [9.17, 15) is 9.59 Å². The molecule has 0 spiro atoms. The highest BCUT2D eigenvalue weighted by atomic mass is 16.2. The van der Waals surface area contributed by atoms with Gasteiger partial charge in [-0.1, -0.05) is 0 Å². The third kappa shape index (κ3) is 1.82. The summed E-state index contributed by atoms with van der Waals surface area (Å²) in [5, 5.41) is 3.29. The number of hydrogen-bond donors (Lipinski definition) is 1. The van der Waals surface area contributed by atoms with Crippen molar-refractivity contribution in [3.8, 4) is 0 Å². The average molecular weight is 223 g/mol. The Balaban J connectivity index is 2.48. The van der Waals surface area contributed by atoms with Crippen molar-refractivity contribution in [3.05, 3.63) is 32.6 Å². The molecular weight excluding hydrogens is 206 g/mol. The van der Waals surface area contributed by atoms with Gasteiger partial charge in [-0.3, -0.25) is 9.36 Å². The minimum atomic E-state index is -0.243. The third-order valence-electron chi connectivity index (χ3n) is 3.28. The van der Waals surface area contributed by atoms with E-state index in [-0.39, 0.29) is 17.2 Å². The molecule has 2 rings (SSSR count). The molecule has 1 atom stereocenters. The first kappa shape index (κ1) is 11.1. The van der Waals surface area contributed by atoms with Crippen LogP contribution in [-0.4, -0.2) is 22.2 Å². The van der Waals surface area contributed by atoms with Crippen molar-refractivity contribution in [2.45, 2.75) is 18.8 Å². The first-order valence-electron chi connectivity index (χ1n) is 5.59. The SMILES string of the molecule is Cn1c(C2CCCNC2)cc(=O)n(C)c1=O. The smallest absolute Gasteiger partial charge is 0.316 e. The van der Waals surface area contributed by atoms with E-state index in [0.29, 0.717) is 0 Å². The number of rotatable bonds is 1. The second-order valence-corrected chi connectivity index (χ2v) is 4.35. The zero-order valence-corrected chi connectivity index (χ0v) is 9.69. The molecule has 2 heterocycles. The normalized spacial score (nSPS) is 21.0. The summed E-state index contributed by atoms with van der Waals surface area (Å²) in [6, 6.07) is 1.58. The van der Waals surface area contributed by atoms with Crippen LogP contribution in [0, 0.1) is 0 Å². The lowest BCUT2D eigenvalue weighted by molar-refractivity contribution is 0.438. The minimum absolute atomic E-state index is 0.219. The third-order valence-corrected chi connectivity index (χ3v) is 3.28. The number of aromatic nitrogens is 2. The number of nitrogens with one attached hydrogen (secondary N) is 1. The molecule has 1 N–H and O–H groups in total. The monoisotopic (exact) mass is 223 g/mol. The van der Waals surface area contributed by atoms with E-state index in [1.165, 1.54) is 7.05 Å². The van der Waals surface area contributed by atoms with Crippen LogP contribution in [0.5, 0.6) is 0 Å². The van der Waals surface area contributed by atoms with Crippen LogP contribution >= 0.6 is 0 Å². The van der Waals surface area contributed by atoms with Gasteiger partial charge in [-0.15, -0.1) is 0 Å². The van der Waals surface area contributed by atoms with Gasteiger partial charge in [0.1, 0.15) is 0 Å². The molecule has 0 aliphatic carbocycles. The summed E-state index contributed by atoms with van der Waals surface area (Å²) in [4.78, 5) is 23.3. The van der Waals surface area contributed by atoms with Gasteiger partial charge in [0.05, 0.1) is 0 Å². The van der Waals surface area contributed by atoms with Crippen molar-refractivity contribution >= 4 is 0 Å². The fourth-order valence-electron chi connectivity index (χ4n) is 2.25. The highest BCUT2D eigenvalue weighted by molar-refractivity contribution is 5.10. The highest BCUT2D eigenvalue weighted by Crippen LogP contribution is 2.20. The van der Waals surface area contributed by atoms with Gasteiger partial charge in [-0.2, -0.15) is 0 Å². The van der Waals surface area contributed by atoms with Gasteiger partial charge < -0.3 is 9.88 Å². The molecule has 1 fully saturated rings. The Labute approximate surface area is 93.7 Å². The Morgan fingerprint density at radius 2 is 2.06 bits per heavy atom. The molecule has 5 heteroatoms. The van der Waals surface area contributed by atoms with E-state index >= 15 is 0 Å². The molecule has 88 valence electrons. The topological polar surface area (TPSA) is 56.0 Å². The lowest BCUT2D eigenvalue weighted by Crippen LogP contribution is -2.40. The van der Waals surface area contributed by atoms with E-state index in [2.05, 4.69) is 5.32 Å². The largest absolute Gasteiger partial charge is 0.330 e. The first-order chi connectivity index (χ1) is 7.61. The predicted octanol–water partition coefficient (Wildman–Crippen LogP) is -0.449. The maximum atomic E-state index is 11.8. The summed E-state index contributed by atoms with van der Waals surface area (Å²) in [5.41, 5.74) is 0.386. The summed E-state index contributed by atoms with van der Waals surface area (Å²) in [5.74, 6) is 0.278. The van der Waals surface area contributed by atoms with Crippen LogP contribution in [0.2, 0.25) is 0 Å². The summed E-state index contributed by atoms with van der Waals surface area (Å²) in [7, 11) is 3.24. The molecular formula is C11H17N3O2. The van der Waals surface area contributed by atoms with E-state index in [4.69, 9.17) is 0 Å². The molecule has 0 saturated carbocycles. The zero-order valence-electron chi connectivity index (χ0n) is 9.69. The van der Waals surface area contributed by atoms with Gasteiger partial charge >= 0.3 is 5.69 Å². The van der Waals surface area contributed by atoms with Crippen LogP contribution in [-0.2, 0) is 14.1 Å². The summed E-state index contributed by atoms with van der Waals surface area (Å²) < 4.78 is 2.72. The molecule has 16 heavy (non-hydrogen) atoms. The van der Waals surface area contributed by atoms with Crippen molar-refractivity contribution in [3.63, 3.8) is 0 Å². The number of hydrogen-bond acceptors (Lipinski definition) is 3. The van der Waals surface area contributed by atoms with Crippen molar-refractivity contribution in [2.24, 2.45) is 14.1 Å². The standard InChI is InChI=1S/C11H17N3O2/c1-13-9(8-4-3-5-12-7-8)6-10(15)14(2)11(13)16/h6,8,12H,3-5,7H2,1-2H3. The Morgan fingerprint density at radius 1 is 1.31 bits per heavy atom. The Morgan fingerprint density at radius 3 is 2.69 bits per heavy atom. The molecule has 1 aliphatic rings. The fraction of sp³-hybridized carbons (Fsp3) is 0.636. The maximum absolute atomic E-state index is 11.8. The molecule has 1 aliphatic heterocycles. The number of nitrogens with zero attached hydrogens (tertiary/aromatic N) is 2. The van der Waals surface area contributed by atoms with E-state index in [1.54, 1.807) is 17.7 Å². The Bertz CT molecular complexity index is 495. The van der Waals surface area contributed by atoms with Crippen molar-refractivity contribution in [1.29, 1.82) is 0 Å². The van der Waals surface area contributed by atoms with Crippen molar-refractivity contribution in [2.75, 3.05) is 13.1 Å². The van der Waals surface area contributed by atoms with Crippen LogP contribution in [0.15, 0.2) is 15.7 Å². The second-order valence-electron chi connectivity index (χ2n) is 4.35. The van der Waals surface area contributed by atoms with Crippen molar-refractivity contribution < 1.29 is 0 Å². The van der Waals surface area contributed by atoms with Gasteiger partial charge in [0.2, 0.25) is 0 Å². The molecule has 1 saturated heterocycles. The second kappa shape index (κ2) is 4.25.